The van der Waals surface area contributed by atoms with Gasteiger partial charge in [0.2, 0.25) is 0 Å². The van der Waals surface area contributed by atoms with Crippen LogP contribution in [-0.2, 0) is 0 Å². The number of H-pyrrole nitrogens is 1. The Morgan fingerprint density at radius 3 is 2.57 bits per heavy atom. The van der Waals surface area contributed by atoms with Crippen molar-refractivity contribution in [3.05, 3.63) is 54.2 Å². The maximum atomic E-state index is 9.33. The zero-order valence-electron chi connectivity index (χ0n) is 11.9. The summed E-state index contributed by atoms with van der Waals surface area (Å²) in [6.07, 6.45) is 1.36. The average molecular weight is 301 g/mol. The molecule has 6 nitrogen and oxygen atoms in total. The maximum absolute atomic E-state index is 9.33. The monoisotopic (exact) mass is 301 g/mol. The van der Waals surface area contributed by atoms with E-state index in [0.29, 0.717) is 5.82 Å². The molecule has 110 valence electrons. The fraction of sp³-hybridized carbons (Fsp3) is 0. The number of fused-ring (bicyclic) bond motifs is 1. The summed E-state index contributed by atoms with van der Waals surface area (Å²) in [5.74, 6) is 0.899. The standard InChI is InChI=1S/C17H11N5O/c18-8-11(9-19)10-20-13-3-6-15-16(7-13)22-17(21-15)12-1-4-14(23)5-2-12/h1-7,10,20,23H,(H,21,22). The minimum atomic E-state index is -0.000472. The van der Waals surface area contributed by atoms with E-state index in [1.165, 1.54) is 6.20 Å². The third-order valence-electron chi connectivity index (χ3n) is 3.25. The van der Waals surface area contributed by atoms with Gasteiger partial charge >= 0.3 is 0 Å². The van der Waals surface area contributed by atoms with Crippen molar-refractivity contribution in [3.63, 3.8) is 0 Å². The number of phenols is 1. The molecule has 1 heterocycles. The van der Waals surface area contributed by atoms with Crippen molar-refractivity contribution in [2.45, 2.75) is 0 Å². The summed E-state index contributed by atoms with van der Waals surface area (Å²) < 4.78 is 0. The van der Waals surface area contributed by atoms with Crippen molar-refractivity contribution in [1.29, 1.82) is 10.5 Å². The molecule has 1 aromatic heterocycles. The first-order valence-electron chi connectivity index (χ1n) is 6.75. The van der Waals surface area contributed by atoms with Gasteiger partial charge < -0.3 is 15.4 Å². The smallest absolute Gasteiger partial charge is 0.145 e. The molecule has 0 aliphatic carbocycles. The normalized spacial score (nSPS) is 9.83. The van der Waals surface area contributed by atoms with E-state index in [9.17, 15) is 5.11 Å². The Kier molecular flexibility index (Phi) is 3.65. The number of rotatable bonds is 3. The predicted octanol–water partition coefficient (Wildman–Crippen LogP) is 3.28. The van der Waals surface area contributed by atoms with Crippen molar-refractivity contribution in [2.75, 3.05) is 5.32 Å². The van der Waals surface area contributed by atoms with Crippen LogP contribution in [0.3, 0.4) is 0 Å². The quantitative estimate of drug-likeness (QED) is 0.643. The molecule has 0 radical (unpaired) electrons. The van der Waals surface area contributed by atoms with Crippen LogP contribution in [0.5, 0.6) is 5.75 Å². The lowest BCUT2D eigenvalue weighted by atomic mass is 10.2. The van der Waals surface area contributed by atoms with Gasteiger partial charge in [0, 0.05) is 17.5 Å². The van der Waals surface area contributed by atoms with Gasteiger partial charge in [-0.15, -0.1) is 0 Å². The fourth-order valence-electron chi connectivity index (χ4n) is 2.10. The van der Waals surface area contributed by atoms with Crippen LogP contribution in [0, 0.1) is 22.7 Å². The molecule has 0 unspecified atom stereocenters. The zero-order valence-corrected chi connectivity index (χ0v) is 11.9. The molecule has 6 heteroatoms. The molecule has 3 aromatic rings. The highest BCUT2D eigenvalue weighted by molar-refractivity contribution is 5.83. The summed E-state index contributed by atoms with van der Waals surface area (Å²) in [7, 11) is 0. The average Bonchev–Trinajstić information content (AvgIpc) is 2.99. The van der Waals surface area contributed by atoms with Gasteiger partial charge in [-0.1, -0.05) is 0 Å². The minimum Gasteiger partial charge on any atom is -0.508 e. The lowest BCUT2D eigenvalue weighted by molar-refractivity contribution is 0.475. The molecule has 0 amide bonds. The van der Waals surface area contributed by atoms with E-state index >= 15 is 0 Å². The Balaban J connectivity index is 1.92. The van der Waals surface area contributed by atoms with Crippen molar-refractivity contribution in [3.8, 4) is 29.3 Å². The summed E-state index contributed by atoms with van der Waals surface area (Å²) in [5.41, 5.74) is 3.22. The molecule has 3 rings (SSSR count). The lowest BCUT2D eigenvalue weighted by Gasteiger charge is -1.99. The second kappa shape index (κ2) is 5.92. The third-order valence-corrected chi connectivity index (χ3v) is 3.25. The third kappa shape index (κ3) is 2.97. The molecular formula is C17H11N5O. The molecule has 0 saturated carbocycles. The number of hydrogen-bond donors (Lipinski definition) is 3. The van der Waals surface area contributed by atoms with Gasteiger partial charge in [0.05, 0.1) is 11.0 Å². The van der Waals surface area contributed by atoms with E-state index in [1.54, 1.807) is 36.4 Å². The number of anilines is 1. The second-order valence-corrected chi connectivity index (χ2v) is 4.79. The van der Waals surface area contributed by atoms with Crippen molar-refractivity contribution in [1.82, 2.24) is 9.97 Å². The molecule has 0 bridgehead atoms. The first-order chi connectivity index (χ1) is 11.2. The van der Waals surface area contributed by atoms with Crippen LogP contribution in [0.2, 0.25) is 0 Å². The Morgan fingerprint density at radius 1 is 1.13 bits per heavy atom. The van der Waals surface area contributed by atoms with Crippen molar-refractivity contribution < 1.29 is 5.11 Å². The number of aromatic hydroxyl groups is 1. The highest BCUT2D eigenvalue weighted by atomic mass is 16.3. The summed E-state index contributed by atoms with van der Waals surface area (Å²) in [6, 6.07) is 15.8. The second-order valence-electron chi connectivity index (χ2n) is 4.79. The SMILES string of the molecule is N#CC(C#N)=CNc1ccc2nc(-c3ccc(O)cc3)[nH]c2c1. The number of aromatic nitrogens is 2. The molecule has 0 aliphatic heterocycles. The number of nitrogens with one attached hydrogen (secondary N) is 2. The molecule has 0 saturated heterocycles. The predicted molar refractivity (Wildman–Crippen MR) is 86.1 cm³/mol. The van der Waals surface area contributed by atoms with Crippen LogP contribution in [0.1, 0.15) is 0 Å². The zero-order chi connectivity index (χ0) is 16.2. The number of imidazole rings is 1. The fourth-order valence-corrected chi connectivity index (χ4v) is 2.10. The van der Waals surface area contributed by atoms with Crippen molar-refractivity contribution >= 4 is 16.7 Å². The number of phenolic OH excluding ortho intramolecular Hbond substituents is 1. The molecule has 0 fully saturated rings. The van der Waals surface area contributed by atoms with Gasteiger partial charge in [-0.05, 0) is 42.5 Å². The molecule has 0 aliphatic rings. The van der Waals surface area contributed by atoms with E-state index in [4.69, 9.17) is 10.5 Å². The minimum absolute atomic E-state index is 0.000472. The van der Waals surface area contributed by atoms with Gasteiger partial charge in [0.15, 0.2) is 0 Å². The number of allylic oxidation sites excluding steroid dienone is 1. The van der Waals surface area contributed by atoms with Gasteiger partial charge in [-0.25, -0.2) is 4.98 Å². The number of aromatic amines is 1. The molecule has 0 spiro atoms. The number of nitriles is 2. The van der Waals surface area contributed by atoms with Crippen LogP contribution in [0.15, 0.2) is 54.2 Å². The van der Waals surface area contributed by atoms with Crippen LogP contribution < -0.4 is 5.32 Å². The molecular weight excluding hydrogens is 290 g/mol. The number of nitrogens with zero attached hydrogens (tertiary/aromatic N) is 3. The van der Waals surface area contributed by atoms with E-state index < -0.39 is 0 Å². The summed E-state index contributed by atoms with van der Waals surface area (Å²) in [6.45, 7) is 0. The van der Waals surface area contributed by atoms with Gasteiger partial charge in [0.25, 0.3) is 0 Å². The molecule has 2 aromatic carbocycles. The highest BCUT2D eigenvalue weighted by Crippen LogP contribution is 2.24. The summed E-state index contributed by atoms with van der Waals surface area (Å²) >= 11 is 0. The Hall–Kier alpha value is -3.77. The Morgan fingerprint density at radius 2 is 1.87 bits per heavy atom. The summed E-state index contributed by atoms with van der Waals surface area (Å²) in [5, 5.41) is 29.7. The van der Waals surface area contributed by atoms with Crippen LogP contribution in [0.4, 0.5) is 5.69 Å². The topological polar surface area (TPSA) is 109 Å². The lowest BCUT2D eigenvalue weighted by Crippen LogP contribution is -1.89. The largest absolute Gasteiger partial charge is 0.508 e. The van der Waals surface area contributed by atoms with Gasteiger partial charge in [-0.2, -0.15) is 10.5 Å². The Bertz CT molecular complexity index is 955. The molecule has 3 N–H and O–H groups in total. The number of benzene rings is 2. The molecule has 23 heavy (non-hydrogen) atoms. The van der Waals surface area contributed by atoms with E-state index in [0.717, 1.165) is 22.3 Å². The van der Waals surface area contributed by atoms with Crippen LogP contribution in [-0.4, -0.2) is 15.1 Å². The van der Waals surface area contributed by atoms with Crippen LogP contribution >= 0.6 is 0 Å². The van der Waals surface area contributed by atoms with Crippen LogP contribution in [0.25, 0.3) is 22.4 Å². The molecule has 0 atom stereocenters. The number of hydrogen-bond acceptors (Lipinski definition) is 5. The van der Waals surface area contributed by atoms with E-state index in [1.807, 2.05) is 18.2 Å². The highest BCUT2D eigenvalue weighted by Gasteiger charge is 2.06. The summed E-state index contributed by atoms with van der Waals surface area (Å²) in [4.78, 5) is 7.70. The van der Waals surface area contributed by atoms with E-state index in [2.05, 4.69) is 15.3 Å². The van der Waals surface area contributed by atoms with Gasteiger partial charge in [0.1, 0.15) is 29.3 Å². The Labute approximate surface area is 131 Å². The van der Waals surface area contributed by atoms with E-state index in [-0.39, 0.29) is 11.3 Å². The maximum Gasteiger partial charge on any atom is 0.145 e. The first kappa shape index (κ1) is 14.2. The van der Waals surface area contributed by atoms with Gasteiger partial charge in [-0.3, -0.25) is 0 Å². The first-order valence-corrected chi connectivity index (χ1v) is 6.75. The van der Waals surface area contributed by atoms with Crippen molar-refractivity contribution in [2.24, 2.45) is 0 Å².